The normalized spacial score (nSPS) is 17.1. The van der Waals surface area contributed by atoms with Gasteiger partial charge in [0.2, 0.25) is 0 Å². The van der Waals surface area contributed by atoms with Crippen molar-refractivity contribution in [1.82, 2.24) is 0 Å². The second-order valence-electron chi connectivity index (χ2n) is 5.00. The molecule has 0 aliphatic heterocycles. The Balaban J connectivity index is 2.55. The number of carbonyl (C=O) groups is 1. The van der Waals surface area contributed by atoms with Gasteiger partial charge in [-0.2, -0.15) is 0 Å². The van der Waals surface area contributed by atoms with Crippen LogP contribution in [0.15, 0.2) is 23.1 Å². The zero-order valence-electron chi connectivity index (χ0n) is 10.5. The number of benzene rings is 1. The monoisotopic (exact) mass is 284 g/mol. The highest BCUT2D eigenvalue weighted by atomic mass is 32.2. The number of carboxylic acids is 1. The van der Waals surface area contributed by atoms with E-state index >= 15 is 0 Å². The van der Waals surface area contributed by atoms with Gasteiger partial charge in [0, 0.05) is 17.7 Å². The Bertz CT molecular complexity index is 601. The molecule has 5 nitrogen and oxygen atoms in total. The molecule has 0 spiro atoms. The number of carboxylic acid groups (broad SMARTS) is 1. The molecule has 2 rings (SSSR count). The fourth-order valence-corrected chi connectivity index (χ4v) is 3.40. The van der Waals surface area contributed by atoms with Gasteiger partial charge in [0.1, 0.15) is 5.75 Å². The molecule has 0 bridgehead atoms. The number of hydrogen-bond acceptors (Lipinski definition) is 4. The second kappa shape index (κ2) is 4.85. The molecule has 19 heavy (non-hydrogen) atoms. The summed E-state index contributed by atoms with van der Waals surface area (Å²) < 4.78 is 23.6. The van der Waals surface area contributed by atoms with E-state index in [1.54, 1.807) is 0 Å². The van der Waals surface area contributed by atoms with Crippen LogP contribution in [0.5, 0.6) is 5.75 Å². The third-order valence-corrected chi connectivity index (χ3v) is 4.55. The van der Waals surface area contributed by atoms with Crippen LogP contribution in [0.2, 0.25) is 0 Å². The first-order valence-corrected chi connectivity index (χ1v) is 7.93. The summed E-state index contributed by atoms with van der Waals surface area (Å²) in [4.78, 5) is 11.0. The first-order valence-electron chi connectivity index (χ1n) is 6.04. The Hall–Kier alpha value is -1.56. The molecular weight excluding hydrogens is 268 g/mol. The topological polar surface area (TPSA) is 91.7 Å². The van der Waals surface area contributed by atoms with Crippen molar-refractivity contribution in [1.29, 1.82) is 0 Å². The largest absolute Gasteiger partial charge is 0.508 e. The summed E-state index contributed by atoms with van der Waals surface area (Å²) in [5.74, 6) is -1.42. The molecule has 6 heteroatoms. The Kier molecular flexibility index (Phi) is 3.54. The lowest BCUT2D eigenvalue weighted by atomic mass is 9.90. The molecule has 104 valence electrons. The summed E-state index contributed by atoms with van der Waals surface area (Å²) in [5.41, 5.74) is 0.259. The van der Waals surface area contributed by atoms with Crippen LogP contribution in [0.3, 0.4) is 0 Å². The van der Waals surface area contributed by atoms with Crippen molar-refractivity contribution in [2.75, 3.05) is 6.26 Å². The Morgan fingerprint density at radius 2 is 2.05 bits per heavy atom. The minimum absolute atomic E-state index is 0.0330. The zero-order valence-corrected chi connectivity index (χ0v) is 11.4. The highest BCUT2D eigenvalue weighted by Gasteiger charge is 2.37. The van der Waals surface area contributed by atoms with Gasteiger partial charge in [-0.15, -0.1) is 0 Å². The molecule has 2 N–H and O–H groups in total. The van der Waals surface area contributed by atoms with Crippen molar-refractivity contribution in [3.8, 4) is 5.75 Å². The molecular formula is C13H16O5S. The lowest BCUT2D eigenvalue weighted by Crippen LogP contribution is -2.13. The van der Waals surface area contributed by atoms with Crippen LogP contribution in [0.25, 0.3) is 0 Å². The van der Waals surface area contributed by atoms with Crippen molar-refractivity contribution < 1.29 is 23.4 Å². The number of rotatable bonds is 5. The van der Waals surface area contributed by atoms with E-state index in [1.807, 2.05) is 0 Å². The predicted octanol–water partition coefficient (Wildman–Crippen LogP) is 1.76. The molecule has 1 atom stereocenters. The lowest BCUT2D eigenvalue weighted by Gasteiger charge is -2.19. The standard InChI is InChI=1S/C13H16O5S/c1-19(17,18)11-4-2-3-10(14)13(11)9(7-12(15)16)8-5-6-8/h2-4,8-9,14H,5-7H2,1H3,(H,15,16). The molecule has 0 aromatic heterocycles. The number of aromatic hydroxyl groups is 1. The minimum atomic E-state index is -3.50. The number of phenols is 1. The van der Waals surface area contributed by atoms with Gasteiger partial charge < -0.3 is 10.2 Å². The van der Waals surface area contributed by atoms with Crippen LogP contribution < -0.4 is 0 Å². The van der Waals surface area contributed by atoms with E-state index in [0.717, 1.165) is 19.1 Å². The number of phenolic OH excluding ortho intramolecular Hbond substituents is 1. The fourth-order valence-electron chi connectivity index (χ4n) is 2.42. The average molecular weight is 284 g/mol. The number of aliphatic carboxylic acids is 1. The lowest BCUT2D eigenvalue weighted by molar-refractivity contribution is -0.137. The Morgan fingerprint density at radius 3 is 2.53 bits per heavy atom. The molecule has 1 aliphatic rings. The molecule has 0 radical (unpaired) electrons. The molecule has 0 heterocycles. The fraction of sp³-hybridized carbons (Fsp3) is 0.462. The van der Waals surface area contributed by atoms with Crippen LogP contribution in [0.1, 0.15) is 30.7 Å². The highest BCUT2D eigenvalue weighted by molar-refractivity contribution is 7.90. The van der Waals surface area contributed by atoms with Crippen molar-refractivity contribution >= 4 is 15.8 Å². The first-order chi connectivity index (χ1) is 8.80. The Labute approximate surface area is 111 Å². The van der Waals surface area contributed by atoms with Crippen LogP contribution in [0, 0.1) is 5.92 Å². The van der Waals surface area contributed by atoms with Crippen molar-refractivity contribution in [3.05, 3.63) is 23.8 Å². The van der Waals surface area contributed by atoms with Gasteiger partial charge in [-0.3, -0.25) is 4.79 Å². The van der Waals surface area contributed by atoms with Crippen molar-refractivity contribution in [2.24, 2.45) is 5.92 Å². The Morgan fingerprint density at radius 1 is 1.42 bits per heavy atom. The van der Waals surface area contributed by atoms with Crippen LogP contribution in [0.4, 0.5) is 0 Å². The van der Waals surface area contributed by atoms with Crippen LogP contribution in [-0.2, 0) is 14.6 Å². The summed E-state index contributed by atoms with van der Waals surface area (Å²) in [6.07, 6.45) is 2.64. The van der Waals surface area contributed by atoms with Gasteiger partial charge in [0.05, 0.1) is 11.3 Å². The predicted molar refractivity (Wildman–Crippen MR) is 68.9 cm³/mol. The van der Waals surface area contributed by atoms with E-state index in [2.05, 4.69) is 0 Å². The molecule has 1 aromatic carbocycles. The molecule has 1 aromatic rings. The minimum Gasteiger partial charge on any atom is -0.508 e. The van der Waals surface area contributed by atoms with Gasteiger partial charge in [-0.1, -0.05) is 6.07 Å². The smallest absolute Gasteiger partial charge is 0.303 e. The maximum absolute atomic E-state index is 11.8. The second-order valence-corrected chi connectivity index (χ2v) is 6.99. The van der Waals surface area contributed by atoms with Crippen molar-refractivity contribution in [3.63, 3.8) is 0 Å². The van der Waals surface area contributed by atoms with Gasteiger partial charge in [-0.05, 0) is 30.9 Å². The third-order valence-electron chi connectivity index (χ3n) is 3.40. The van der Waals surface area contributed by atoms with E-state index in [9.17, 15) is 18.3 Å². The average Bonchev–Trinajstić information content (AvgIpc) is 3.08. The van der Waals surface area contributed by atoms with Gasteiger partial charge in [0.15, 0.2) is 9.84 Å². The van der Waals surface area contributed by atoms with Crippen LogP contribution >= 0.6 is 0 Å². The van der Waals surface area contributed by atoms with Gasteiger partial charge in [0.25, 0.3) is 0 Å². The molecule has 1 aliphatic carbocycles. The van der Waals surface area contributed by atoms with E-state index in [1.165, 1.54) is 18.2 Å². The molecule has 1 unspecified atom stereocenters. The third kappa shape index (κ3) is 3.07. The quantitative estimate of drug-likeness (QED) is 0.859. The number of hydrogen-bond donors (Lipinski definition) is 2. The molecule has 1 fully saturated rings. The van der Waals surface area contributed by atoms with E-state index in [4.69, 9.17) is 5.11 Å². The number of sulfone groups is 1. The summed E-state index contributed by atoms with van der Waals surface area (Å²) in [6, 6.07) is 4.28. The maximum Gasteiger partial charge on any atom is 0.303 e. The SMILES string of the molecule is CS(=O)(=O)c1cccc(O)c1C(CC(=O)O)C1CC1. The highest BCUT2D eigenvalue weighted by Crippen LogP contribution is 2.48. The molecule has 1 saturated carbocycles. The summed E-state index contributed by atoms with van der Waals surface area (Å²) in [5, 5.41) is 18.9. The van der Waals surface area contributed by atoms with E-state index in [-0.39, 0.29) is 28.5 Å². The summed E-state index contributed by atoms with van der Waals surface area (Å²) in [6.45, 7) is 0. The van der Waals surface area contributed by atoms with Gasteiger partial charge >= 0.3 is 5.97 Å². The van der Waals surface area contributed by atoms with Crippen LogP contribution in [-0.4, -0.2) is 30.9 Å². The van der Waals surface area contributed by atoms with E-state index < -0.39 is 21.7 Å². The van der Waals surface area contributed by atoms with Gasteiger partial charge in [-0.25, -0.2) is 8.42 Å². The summed E-state index contributed by atoms with van der Waals surface area (Å²) in [7, 11) is -3.50. The molecule has 0 saturated heterocycles. The molecule has 0 amide bonds. The summed E-state index contributed by atoms with van der Waals surface area (Å²) >= 11 is 0. The van der Waals surface area contributed by atoms with Crippen molar-refractivity contribution in [2.45, 2.75) is 30.1 Å². The first kappa shape index (κ1) is 13.9. The maximum atomic E-state index is 11.8. The zero-order chi connectivity index (χ0) is 14.2. The van der Waals surface area contributed by atoms with E-state index in [0.29, 0.717) is 0 Å².